The number of hydrogen-bond donors (Lipinski definition) is 1. The van der Waals surface area contributed by atoms with Gasteiger partial charge in [-0.15, -0.1) is 0 Å². The number of para-hydroxylation sites is 1. The molecule has 0 saturated carbocycles. The lowest BCUT2D eigenvalue weighted by molar-refractivity contribution is 0.102. The average molecular weight is 391 g/mol. The Hall–Kier alpha value is -3.03. The summed E-state index contributed by atoms with van der Waals surface area (Å²) in [5.41, 5.74) is 2.62. The number of anilines is 1. The average Bonchev–Trinajstić information content (AvgIpc) is 3.15. The molecule has 29 heavy (non-hydrogen) atoms. The van der Waals surface area contributed by atoms with Crippen LogP contribution in [0.4, 0.5) is 5.69 Å². The first-order valence-electron chi connectivity index (χ1n) is 9.85. The Bertz CT molecular complexity index is 949. The van der Waals surface area contributed by atoms with Gasteiger partial charge in [0.25, 0.3) is 5.91 Å². The number of nitrogens with zero attached hydrogens (tertiary/aromatic N) is 4. The van der Waals surface area contributed by atoms with Crippen LogP contribution in [0.5, 0.6) is 0 Å². The number of amides is 1. The number of carbonyl (C=O) groups is 1. The van der Waals surface area contributed by atoms with Crippen molar-refractivity contribution in [2.75, 3.05) is 31.5 Å². The maximum atomic E-state index is 12.5. The zero-order valence-corrected chi connectivity index (χ0v) is 16.5. The Morgan fingerprint density at radius 1 is 1.00 bits per heavy atom. The number of aryl methyl sites for hydroxylation is 1. The normalized spacial score (nSPS) is 15.3. The van der Waals surface area contributed by atoms with E-state index in [4.69, 9.17) is 4.52 Å². The van der Waals surface area contributed by atoms with E-state index in [0.717, 1.165) is 44.0 Å². The van der Waals surface area contributed by atoms with Crippen LogP contribution < -0.4 is 5.32 Å². The van der Waals surface area contributed by atoms with Crippen LogP contribution in [0.1, 0.15) is 27.6 Å². The molecule has 7 nitrogen and oxygen atoms in total. The Balaban J connectivity index is 1.30. The molecule has 0 aliphatic carbocycles. The highest BCUT2D eigenvalue weighted by atomic mass is 16.5. The van der Waals surface area contributed by atoms with Gasteiger partial charge < -0.3 is 9.84 Å². The summed E-state index contributed by atoms with van der Waals surface area (Å²) in [4.78, 5) is 21.5. The summed E-state index contributed by atoms with van der Waals surface area (Å²) in [6.45, 7) is 7.20. The minimum atomic E-state index is -0.0854. The van der Waals surface area contributed by atoms with E-state index in [1.165, 1.54) is 0 Å². The van der Waals surface area contributed by atoms with Crippen LogP contribution in [0.3, 0.4) is 0 Å². The number of nitrogens with one attached hydrogen (secondary N) is 1. The van der Waals surface area contributed by atoms with Gasteiger partial charge in [0.2, 0.25) is 5.89 Å². The molecule has 1 aromatic heterocycles. The summed E-state index contributed by atoms with van der Waals surface area (Å²) in [5.74, 6) is 1.26. The van der Waals surface area contributed by atoms with Crippen molar-refractivity contribution in [2.45, 2.75) is 20.0 Å². The lowest BCUT2D eigenvalue weighted by Crippen LogP contribution is -2.45. The molecule has 1 fully saturated rings. The summed E-state index contributed by atoms with van der Waals surface area (Å²) in [7, 11) is 0. The summed E-state index contributed by atoms with van der Waals surface area (Å²) < 4.78 is 5.21. The SMILES string of the molecule is Cc1noc(CN2CCN(Cc3cccc(C(=O)Nc4ccccc4)c3)CC2)n1. The van der Waals surface area contributed by atoms with Gasteiger partial charge in [-0.3, -0.25) is 14.6 Å². The Kier molecular flexibility index (Phi) is 5.97. The van der Waals surface area contributed by atoms with Crippen LogP contribution in [0.25, 0.3) is 0 Å². The molecule has 1 saturated heterocycles. The molecule has 0 unspecified atom stereocenters. The molecule has 0 atom stereocenters. The number of piperazine rings is 1. The van der Waals surface area contributed by atoms with E-state index in [2.05, 4.69) is 31.3 Å². The van der Waals surface area contributed by atoms with Crippen molar-refractivity contribution < 1.29 is 9.32 Å². The lowest BCUT2D eigenvalue weighted by Gasteiger charge is -2.33. The number of rotatable bonds is 6. The van der Waals surface area contributed by atoms with Crippen LogP contribution in [0.15, 0.2) is 59.1 Å². The van der Waals surface area contributed by atoms with Crippen LogP contribution >= 0.6 is 0 Å². The third-order valence-electron chi connectivity index (χ3n) is 5.02. The minimum Gasteiger partial charge on any atom is -0.338 e. The molecule has 0 bridgehead atoms. The maximum Gasteiger partial charge on any atom is 0.255 e. The van der Waals surface area contributed by atoms with Crippen molar-refractivity contribution in [3.63, 3.8) is 0 Å². The first-order valence-corrected chi connectivity index (χ1v) is 9.85. The molecule has 7 heteroatoms. The second kappa shape index (κ2) is 8.98. The lowest BCUT2D eigenvalue weighted by atomic mass is 10.1. The zero-order valence-electron chi connectivity index (χ0n) is 16.5. The number of hydrogen-bond acceptors (Lipinski definition) is 6. The second-order valence-corrected chi connectivity index (χ2v) is 7.31. The molecule has 150 valence electrons. The van der Waals surface area contributed by atoms with Gasteiger partial charge in [-0.2, -0.15) is 4.98 Å². The maximum absolute atomic E-state index is 12.5. The highest BCUT2D eigenvalue weighted by Gasteiger charge is 2.19. The smallest absolute Gasteiger partial charge is 0.255 e. The fourth-order valence-electron chi connectivity index (χ4n) is 3.49. The Labute approximate surface area is 170 Å². The largest absolute Gasteiger partial charge is 0.338 e. The molecule has 0 spiro atoms. The molecule has 2 heterocycles. The van der Waals surface area contributed by atoms with Crippen molar-refractivity contribution in [2.24, 2.45) is 0 Å². The van der Waals surface area contributed by atoms with Gasteiger partial charge in [-0.1, -0.05) is 35.5 Å². The van der Waals surface area contributed by atoms with Crippen LogP contribution in [0.2, 0.25) is 0 Å². The van der Waals surface area contributed by atoms with Crippen LogP contribution in [-0.4, -0.2) is 52.0 Å². The van der Waals surface area contributed by atoms with Crippen LogP contribution in [-0.2, 0) is 13.1 Å². The standard InChI is InChI=1S/C22H25N5O2/c1-17-23-21(29-25-17)16-27-12-10-26(11-13-27)15-18-6-5-7-19(14-18)22(28)24-20-8-3-2-4-9-20/h2-9,14H,10-13,15-16H2,1H3,(H,24,28). The fourth-order valence-corrected chi connectivity index (χ4v) is 3.49. The number of benzene rings is 2. The van der Waals surface area contributed by atoms with Gasteiger partial charge >= 0.3 is 0 Å². The molecule has 3 aromatic rings. The van der Waals surface area contributed by atoms with Crippen molar-refractivity contribution >= 4 is 11.6 Å². The fraction of sp³-hybridized carbons (Fsp3) is 0.318. The molecule has 0 radical (unpaired) electrons. The Morgan fingerprint density at radius 2 is 1.72 bits per heavy atom. The van der Waals surface area contributed by atoms with E-state index >= 15 is 0 Å². The Morgan fingerprint density at radius 3 is 2.41 bits per heavy atom. The molecule has 1 aliphatic heterocycles. The van der Waals surface area contributed by atoms with Gasteiger partial charge in [0.05, 0.1) is 6.54 Å². The molecule has 2 aromatic carbocycles. The van der Waals surface area contributed by atoms with E-state index < -0.39 is 0 Å². The number of aromatic nitrogens is 2. The topological polar surface area (TPSA) is 74.5 Å². The number of carbonyl (C=O) groups excluding carboxylic acids is 1. The molecule has 1 amide bonds. The van der Waals surface area contributed by atoms with Gasteiger partial charge in [-0.25, -0.2) is 0 Å². The third-order valence-corrected chi connectivity index (χ3v) is 5.02. The monoisotopic (exact) mass is 391 g/mol. The van der Waals surface area contributed by atoms with Gasteiger partial charge in [0.15, 0.2) is 5.82 Å². The summed E-state index contributed by atoms with van der Waals surface area (Å²) in [5, 5.41) is 6.79. The van der Waals surface area contributed by atoms with Gasteiger partial charge in [0, 0.05) is 44.0 Å². The highest BCUT2D eigenvalue weighted by Crippen LogP contribution is 2.14. The molecule has 1 aliphatic rings. The van der Waals surface area contributed by atoms with E-state index in [9.17, 15) is 4.79 Å². The summed E-state index contributed by atoms with van der Waals surface area (Å²) >= 11 is 0. The van der Waals surface area contributed by atoms with Gasteiger partial charge in [-0.05, 0) is 36.8 Å². The van der Waals surface area contributed by atoms with Crippen LogP contribution in [0, 0.1) is 6.92 Å². The first-order chi connectivity index (χ1) is 14.2. The van der Waals surface area contributed by atoms with Crippen molar-refractivity contribution in [1.29, 1.82) is 0 Å². The minimum absolute atomic E-state index is 0.0854. The quantitative estimate of drug-likeness (QED) is 0.696. The summed E-state index contributed by atoms with van der Waals surface area (Å²) in [6, 6.07) is 17.4. The van der Waals surface area contributed by atoms with Crippen molar-refractivity contribution in [3.8, 4) is 0 Å². The van der Waals surface area contributed by atoms with E-state index in [-0.39, 0.29) is 5.91 Å². The first kappa shape index (κ1) is 19.3. The second-order valence-electron chi connectivity index (χ2n) is 7.31. The zero-order chi connectivity index (χ0) is 20.1. The predicted octanol–water partition coefficient (Wildman–Crippen LogP) is 2.95. The van der Waals surface area contributed by atoms with E-state index in [0.29, 0.717) is 23.8 Å². The van der Waals surface area contributed by atoms with E-state index in [1.54, 1.807) is 0 Å². The molecular weight excluding hydrogens is 366 g/mol. The highest BCUT2D eigenvalue weighted by molar-refractivity contribution is 6.04. The molecule has 4 rings (SSSR count). The van der Waals surface area contributed by atoms with Crippen molar-refractivity contribution in [1.82, 2.24) is 19.9 Å². The summed E-state index contributed by atoms with van der Waals surface area (Å²) in [6.07, 6.45) is 0. The third kappa shape index (κ3) is 5.28. The van der Waals surface area contributed by atoms with Gasteiger partial charge in [0.1, 0.15) is 0 Å². The van der Waals surface area contributed by atoms with E-state index in [1.807, 2.05) is 55.5 Å². The molecular formula is C22H25N5O2. The van der Waals surface area contributed by atoms with Crippen molar-refractivity contribution in [3.05, 3.63) is 77.4 Å². The molecule has 1 N–H and O–H groups in total. The predicted molar refractivity (Wildman–Crippen MR) is 110 cm³/mol.